The van der Waals surface area contributed by atoms with Crippen molar-refractivity contribution in [3.63, 3.8) is 0 Å². The first kappa shape index (κ1) is 23.9. The largest absolute Gasteiger partial charge is 0.494 e. The molecule has 0 saturated heterocycles. The molecule has 35 heavy (non-hydrogen) atoms. The number of aromatic amines is 1. The Morgan fingerprint density at radius 3 is 2.54 bits per heavy atom. The van der Waals surface area contributed by atoms with Crippen molar-refractivity contribution >= 4 is 16.6 Å². The van der Waals surface area contributed by atoms with Crippen molar-refractivity contribution in [2.75, 3.05) is 34.4 Å². The summed E-state index contributed by atoms with van der Waals surface area (Å²) < 4.78 is 10.9. The summed E-state index contributed by atoms with van der Waals surface area (Å²) in [6, 6.07) is 14.5. The summed E-state index contributed by atoms with van der Waals surface area (Å²) in [7, 11) is 5.48. The number of nitrogens with one attached hydrogen (secondary N) is 1. The molecule has 2 bridgehead atoms. The number of methoxy groups -OCH3 is 2. The second-order valence-corrected chi connectivity index (χ2v) is 10.2. The SMILES string of the molecule is COc1ccc(OC)c2[nH]c(CCCN(C)CC[C@@]3(O)C[C@@H]4CC[C@H]3C=C4c3ccccc3)nc12. The Morgan fingerprint density at radius 2 is 1.83 bits per heavy atom. The van der Waals surface area contributed by atoms with Crippen LogP contribution in [-0.2, 0) is 6.42 Å². The predicted octanol–water partition coefficient (Wildman–Crippen LogP) is 5.08. The Hall–Kier alpha value is -2.83. The summed E-state index contributed by atoms with van der Waals surface area (Å²) in [6.45, 7) is 1.86. The van der Waals surface area contributed by atoms with Gasteiger partial charge in [0.15, 0.2) is 0 Å². The second-order valence-electron chi connectivity index (χ2n) is 10.2. The number of benzene rings is 2. The van der Waals surface area contributed by atoms with E-state index >= 15 is 0 Å². The van der Waals surface area contributed by atoms with E-state index in [-0.39, 0.29) is 5.92 Å². The van der Waals surface area contributed by atoms with E-state index in [1.165, 1.54) is 17.6 Å². The lowest BCUT2D eigenvalue weighted by Crippen LogP contribution is -2.48. The van der Waals surface area contributed by atoms with Crippen LogP contribution in [0.1, 0.15) is 43.5 Å². The summed E-state index contributed by atoms with van der Waals surface area (Å²) in [6.07, 6.45) is 8.21. The summed E-state index contributed by atoms with van der Waals surface area (Å²) in [5, 5.41) is 11.5. The number of ether oxygens (including phenoxy) is 2. The highest BCUT2D eigenvalue weighted by Gasteiger charge is 2.46. The summed E-state index contributed by atoms with van der Waals surface area (Å²) in [4.78, 5) is 10.5. The number of nitrogens with zero attached hydrogens (tertiary/aromatic N) is 2. The topological polar surface area (TPSA) is 70.6 Å². The highest BCUT2D eigenvalue weighted by molar-refractivity contribution is 5.87. The van der Waals surface area contributed by atoms with E-state index in [1.807, 2.05) is 12.1 Å². The zero-order chi connectivity index (χ0) is 24.4. The molecule has 0 aliphatic heterocycles. The molecule has 0 unspecified atom stereocenters. The number of aryl methyl sites for hydroxylation is 1. The molecule has 6 rings (SSSR count). The van der Waals surface area contributed by atoms with E-state index in [1.54, 1.807) is 14.2 Å². The van der Waals surface area contributed by atoms with E-state index in [2.05, 4.69) is 53.3 Å². The first-order valence-corrected chi connectivity index (χ1v) is 12.8. The Morgan fingerprint density at radius 1 is 1.06 bits per heavy atom. The number of rotatable bonds is 10. The molecule has 0 spiro atoms. The molecule has 3 atom stereocenters. The maximum absolute atomic E-state index is 11.5. The van der Waals surface area contributed by atoms with Crippen molar-refractivity contribution in [3.8, 4) is 11.5 Å². The van der Waals surface area contributed by atoms with E-state index in [4.69, 9.17) is 14.5 Å². The lowest BCUT2D eigenvalue weighted by molar-refractivity contribution is -0.0574. The van der Waals surface area contributed by atoms with E-state index < -0.39 is 5.60 Å². The quantitative estimate of drug-likeness (QED) is 0.428. The zero-order valence-corrected chi connectivity index (χ0v) is 21.1. The summed E-state index contributed by atoms with van der Waals surface area (Å²) in [5.41, 5.74) is 3.88. The number of H-pyrrole nitrogens is 1. The molecule has 0 radical (unpaired) electrons. The average molecular weight is 476 g/mol. The lowest BCUT2D eigenvalue weighted by Gasteiger charge is -2.48. The fourth-order valence-electron chi connectivity index (χ4n) is 5.99. The minimum Gasteiger partial charge on any atom is -0.494 e. The molecule has 2 aromatic carbocycles. The van der Waals surface area contributed by atoms with Crippen LogP contribution >= 0.6 is 0 Å². The molecular weight excluding hydrogens is 438 g/mol. The first-order valence-electron chi connectivity index (χ1n) is 12.8. The van der Waals surface area contributed by atoms with Crippen molar-refractivity contribution in [1.82, 2.24) is 14.9 Å². The van der Waals surface area contributed by atoms with Crippen LogP contribution in [0.15, 0.2) is 48.5 Å². The van der Waals surface area contributed by atoms with Gasteiger partial charge in [0.1, 0.15) is 28.4 Å². The molecular formula is C29H37N3O3. The molecule has 3 aromatic rings. The number of aromatic nitrogens is 2. The predicted molar refractivity (Wildman–Crippen MR) is 140 cm³/mol. The van der Waals surface area contributed by atoms with E-state index in [0.717, 1.165) is 73.6 Å². The van der Waals surface area contributed by atoms with Crippen LogP contribution in [0.3, 0.4) is 0 Å². The van der Waals surface area contributed by atoms with Crippen LogP contribution in [0.25, 0.3) is 16.6 Å². The zero-order valence-electron chi connectivity index (χ0n) is 21.1. The minimum absolute atomic E-state index is 0.261. The fourth-order valence-corrected chi connectivity index (χ4v) is 5.99. The molecule has 3 aliphatic carbocycles. The highest BCUT2D eigenvalue weighted by Crippen LogP contribution is 2.51. The van der Waals surface area contributed by atoms with Crippen LogP contribution in [0, 0.1) is 11.8 Å². The van der Waals surface area contributed by atoms with Crippen LogP contribution in [0.4, 0.5) is 0 Å². The summed E-state index contributed by atoms with van der Waals surface area (Å²) >= 11 is 0. The standard InChI is InChI=1S/C29H37N3O3/c1-32(16-7-10-26-30-27-24(34-2)13-14-25(35-3)28(27)31-26)17-15-29(33)19-21-11-12-22(29)18-23(21)20-8-5-4-6-9-20/h4-6,8-9,13-14,18,21-22,33H,7,10-12,15-17,19H2,1-3H3,(H,30,31)/t21-,22-,29+/m0/s1. The third-order valence-electron chi connectivity index (χ3n) is 7.98. The third kappa shape index (κ3) is 4.82. The van der Waals surface area contributed by atoms with Gasteiger partial charge in [-0.1, -0.05) is 36.4 Å². The lowest BCUT2D eigenvalue weighted by atomic mass is 9.61. The monoisotopic (exact) mass is 475 g/mol. The number of fused-ring (bicyclic) bond motifs is 3. The molecule has 1 saturated carbocycles. The van der Waals surface area contributed by atoms with Gasteiger partial charge in [0.25, 0.3) is 0 Å². The maximum Gasteiger partial charge on any atom is 0.146 e. The maximum atomic E-state index is 11.5. The number of hydrogen-bond acceptors (Lipinski definition) is 5. The van der Waals surface area contributed by atoms with Crippen LogP contribution < -0.4 is 9.47 Å². The molecule has 1 fully saturated rings. The number of allylic oxidation sites excluding steroid dienone is 1. The second kappa shape index (κ2) is 10.0. The smallest absolute Gasteiger partial charge is 0.146 e. The van der Waals surface area contributed by atoms with E-state index in [0.29, 0.717) is 5.92 Å². The molecule has 1 aromatic heterocycles. The fraction of sp³-hybridized carbons (Fsp3) is 0.483. The normalized spacial score (nSPS) is 23.6. The molecule has 0 amide bonds. The van der Waals surface area contributed by atoms with Gasteiger partial charge in [0.05, 0.1) is 19.8 Å². The Labute approximate surface area is 208 Å². The number of imidazole rings is 1. The first-order chi connectivity index (χ1) is 17.0. The number of aliphatic hydroxyl groups is 1. The van der Waals surface area contributed by atoms with Gasteiger partial charge in [-0.2, -0.15) is 0 Å². The molecule has 186 valence electrons. The van der Waals surface area contributed by atoms with Gasteiger partial charge in [-0.05, 0) is 74.9 Å². The van der Waals surface area contributed by atoms with Crippen LogP contribution in [0.5, 0.6) is 11.5 Å². The van der Waals surface area contributed by atoms with Crippen molar-refractivity contribution < 1.29 is 14.6 Å². The van der Waals surface area contributed by atoms with Crippen LogP contribution in [0.2, 0.25) is 0 Å². The van der Waals surface area contributed by atoms with Gasteiger partial charge in [0.2, 0.25) is 0 Å². The van der Waals surface area contributed by atoms with Crippen molar-refractivity contribution in [2.45, 2.75) is 44.1 Å². The molecule has 1 heterocycles. The molecule has 2 N–H and O–H groups in total. The van der Waals surface area contributed by atoms with Gasteiger partial charge in [-0.15, -0.1) is 0 Å². The third-order valence-corrected chi connectivity index (χ3v) is 7.98. The summed E-state index contributed by atoms with van der Waals surface area (Å²) in [5.74, 6) is 3.20. The van der Waals surface area contributed by atoms with E-state index in [9.17, 15) is 5.11 Å². The van der Waals surface area contributed by atoms with Gasteiger partial charge in [-0.3, -0.25) is 0 Å². The minimum atomic E-state index is -0.582. The van der Waals surface area contributed by atoms with Crippen molar-refractivity contribution in [3.05, 3.63) is 59.9 Å². The van der Waals surface area contributed by atoms with Crippen molar-refractivity contribution in [2.24, 2.45) is 11.8 Å². The molecule has 6 heteroatoms. The highest BCUT2D eigenvalue weighted by atomic mass is 16.5. The number of hydrogen-bond donors (Lipinski definition) is 2. The van der Waals surface area contributed by atoms with Crippen LogP contribution in [-0.4, -0.2) is 59.9 Å². The molecule has 6 nitrogen and oxygen atoms in total. The van der Waals surface area contributed by atoms with Crippen molar-refractivity contribution in [1.29, 1.82) is 0 Å². The Bertz CT molecular complexity index is 1150. The molecule has 3 aliphatic rings. The average Bonchev–Trinajstić information content (AvgIpc) is 3.32. The Balaban J connectivity index is 1.15. The van der Waals surface area contributed by atoms with Gasteiger partial charge >= 0.3 is 0 Å². The van der Waals surface area contributed by atoms with Gasteiger partial charge in [-0.25, -0.2) is 4.98 Å². The van der Waals surface area contributed by atoms with Gasteiger partial charge in [0, 0.05) is 18.9 Å². The van der Waals surface area contributed by atoms with Gasteiger partial charge < -0.3 is 24.5 Å². The Kier molecular flexibility index (Phi) is 6.85.